The zero-order valence-electron chi connectivity index (χ0n) is 11.4. The number of hydrogen-bond acceptors (Lipinski definition) is 4. The van der Waals surface area contributed by atoms with Crippen LogP contribution in [0.5, 0.6) is 5.75 Å². The smallest absolute Gasteiger partial charge is 0.407 e. The molecule has 1 aromatic carbocycles. The van der Waals surface area contributed by atoms with Crippen molar-refractivity contribution in [1.29, 1.82) is 0 Å². The van der Waals surface area contributed by atoms with Crippen LogP contribution in [0.25, 0.3) is 6.08 Å². The molecule has 0 radical (unpaired) electrons. The fourth-order valence-electron chi connectivity index (χ4n) is 1.36. The van der Waals surface area contributed by atoms with Crippen molar-refractivity contribution in [2.24, 2.45) is 0 Å². The highest BCUT2D eigenvalue weighted by molar-refractivity contribution is 5.69. The molecule has 1 amide bonds. The number of nitrogens with one attached hydrogen (secondary N) is 1. The van der Waals surface area contributed by atoms with E-state index < -0.39 is 11.7 Å². The van der Waals surface area contributed by atoms with Crippen molar-refractivity contribution in [2.45, 2.75) is 26.4 Å². The molecule has 0 fully saturated rings. The number of ether oxygens (including phenoxy) is 1. The summed E-state index contributed by atoms with van der Waals surface area (Å²) in [7, 11) is 0. The number of carbonyl (C=O) groups is 1. The third-order valence-corrected chi connectivity index (χ3v) is 2.13. The molecular formula is C14H20N2O3. The molecule has 0 atom stereocenters. The predicted molar refractivity (Wildman–Crippen MR) is 75.8 cm³/mol. The van der Waals surface area contributed by atoms with Crippen LogP contribution in [0.15, 0.2) is 24.3 Å². The van der Waals surface area contributed by atoms with Crippen molar-refractivity contribution in [2.75, 3.05) is 12.3 Å². The molecular weight excluding hydrogens is 244 g/mol. The van der Waals surface area contributed by atoms with Gasteiger partial charge in [0.1, 0.15) is 11.4 Å². The molecule has 0 aromatic heterocycles. The van der Waals surface area contributed by atoms with E-state index in [4.69, 9.17) is 10.5 Å². The molecule has 0 saturated carbocycles. The van der Waals surface area contributed by atoms with E-state index in [9.17, 15) is 9.90 Å². The molecule has 5 heteroatoms. The number of anilines is 1. The zero-order chi connectivity index (χ0) is 14.5. The van der Waals surface area contributed by atoms with E-state index in [0.29, 0.717) is 12.2 Å². The second kappa shape index (κ2) is 6.13. The number of hydrogen-bond donors (Lipinski definition) is 3. The molecule has 4 N–H and O–H groups in total. The van der Waals surface area contributed by atoms with Crippen LogP contribution in [0.4, 0.5) is 10.5 Å². The van der Waals surface area contributed by atoms with Gasteiger partial charge >= 0.3 is 6.09 Å². The van der Waals surface area contributed by atoms with Gasteiger partial charge in [0.2, 0.25) is 0 Å². The second-order valence-electron chi connectivity index (χ2n) is 5.10. The Bertz CT molecular complexity index is 476. The van der Waals surface area contributed by atoms with Gasteiger partial charge in [-0.2, -0.15) is 0 Å². The highest BCUT2D eigenvalue weighted by atomic mass is 16.6. The Morgan fingerprint density at radius 2 is 2.16 bits per heavy atom. The predicted octanol–water partition coefficient (Wildman–Crippen LogP) is 2.51. The molecule has 0 bridgehead atoms. The SMILES string of the molecule is CC(C)(C)OC(=O)NCC=Cc1ccc(O)cc1N. The molecule has 0 heterocycles. The summed E-state index contributed by atoms with van der Waals surface area (Å²) in [5.74, 6) is 0.126. The lowest BCUT2D eigenvalue weighted by molar-refractivity contribution is 0.0534. The number of phenols is 1. The highest BCUT2D eigenvalue weighted by Crippen LogP contribution is 2.19. The molecule has 104 valence electrons. The molecule has 1 aromatic rings. The van der Waals surface area contributed by atoms with Crippen LogP contribution in [0, 0.1) is 0 Å². The summed E-state index contributed by atoms with van der Waals surface area (Å²) >= 11 is 0. The van der Waals surface area contributed by atoms with E-state index in [1.807, 2.05) is 0 Å². The van der Waals surface area contributed by atoms with E-state index in [2.05, 4.69) is 5.32 Å². The van der Waals surface area contributed by atoms with Crippen molar-refractivity contribution < 1.29 is 14.6 Å². The first kappa shape index (κ1) is 14.9. The first-order chi connectivity index (χ1) is 8.78. The van der Waals surface area contributed by atoms with Gasteiger partial charge in [-0.3, -0.25) is 0 Å². The number of nitrogens with two attached hydrogens (primary N) is 1. The Morgan fingerprint density at radius 1 is 1.47 bits per heavy atom. The Hall–Kier alpha value is -2.17. The lowest BCUT2D eigenvalue weighted by Gasteiger charge is -2.19. The van der Waals surface area contributed by atoms with Crippen LogP contribution in [0.3, 0.4) is 0 Å². The van der Waals surface area contributed by atoms with E-state index in [1.165, 1.54) is 6.07 Å². The van der Waals surface area contributed by atoms with E-state index in [-0.39, 0.29) is 5.75 Å². The largest absolute Gasteiger partial charge is 0.508 e. The Kier molecular flexibility index (Phi) is 4.80. The van der Waals surface area contributed by atoms with Gasteiger partial charge in [0.25, 0.3) is 0 Å². The van der Waals surface area contributed by atoms with Crippen molar-refractivity contribution >= 4 is 17.9 Å². The number of aromatic hydroxyl groups is 1. The maximum Gasteiger partial charge on any atom is 0.407 e. The molecule has 0 unspecified atom stereocenters. The molecule has 0 aliphatic rings. The summed E-state index contributed by atoms with van der Waals surface area (Å²) < 4.78 is 5.09. The first-order valence-corrected chi connectivity index (χ1v) is 6.00. The molecule has 5 nitrogen and oxygen atoms in total. The van der Waals surface area contributed by atoms with Gasteiger partial charge in [0, 0.05) is 18.3 Å². The zero-order valence-corrected chi connectivity index (χ0v) is 11.4. The quantitative estimate of drug-likeness (QED) is 0.732. The Morgan fingerprint density at radius 3 is 2.74 bits per heavy atom. The van der Waals surface area contributed by atoms with Crippen molar-refractivity contribution in [3.05, 3.63) is 29.8 Å². The van der Waals surface area contributed by atoms with Gasteiger partial charge in [0.15, 0.2) is 0 Å². The van der Waals surface area contributed by atoms with Crippen LogP contribution in [0.1, 0.15) is 26.3 Å². The van der Waals surface area contributed by atoms with Gasteiger partial charge in [0.05, 0.1) is 0 Å². The van der Waals surface area contributed by atoms with E-state index >= 15 is 0 Å². The summed E-state index contributed by atoms with van der Waals surface area (Å²) in [5.41, 5.74) is 6.48. The minimum absolute atomic E-state index is 0.126. The minimum Gasteiger partial charge on any atom is -0.508 e. The van der Waals surface area contributed by atoms with Crippen LogP contribution in [-0.2, 0) is 4.74 Å². The van der Waals surface area contributed by atoms with Crippen molar-refractivity contribution in [3.8, 4) is 5.75 Å². The molecule has 1 rings (SSSR count). The maximum atomic E-state index is 11.4. The number of rotatable bonds is 3. The van der Waals surface area contributed by atoms with Crippen LogP contribution < -0.4 is 11.1 Å². The van der Waals surface area contributed by atoms with Crippen molar-refractivity contribution in [3.63, 3.8) is 0 Å². The van der Waals surface area contributed by atoms with Crippen LogP contribution in [-0.4, -0.2) is 23.3 Å². The molecule has 19 heavy (non-hydrogen) atoms. The number of carbonyl (C=O) groups excluding carboxylic acids is 1. The van der Waals surface area contributed by atoms with E-state index in [0.717, 1.165) is 5.56 Å². The molecule has 0 aliphatic heterocycles. The van der Waals surface area contributed by atoms with Crippen molar-refractivity contribution in [1.82, 2.24) is 5.32 Å². The summed E-state index contributed by atoms with van der Waals surface area (Å²) in [6.07, 6.45) is 3.06. The summed E-state index contributed by atoms with van der Waals surface area (Å²) in [6.45, 7) is 5.76. The first-order valence-electron chi connectivity index (χ1n) is 6.00. The van der Waals surface area contributed by atoms with Gasteiger partial charge in [-0.1, -0.05) is 12.2 Å². The number of amides is 1. The lowest BCUT2D eigenvalue weighted by Crippen LogP contribution is -2.32. The van der Waals surface area contributed by atoms with Gasteiger partial charge in [-0.15, -0.1) is 0 Å². The number of phenolic OH excluding ortho intramolecular Hbond substituents is 1. The van der Waals surface area contributed by atoms with Gasteiger partial charge in [-0.25, -0.2) is 4.79 Å². The van der Waals surface area contributed by atoms with Crippen LogP contribution >= 0.6 is 0 Å². The minimum atomic E-state index is -0.505. The third kappa shape index (κ3) is 5.81. The Balaban J connectivity index is 2.44. The Labute approximate surface area is 113 Å². The monoisotopic (exact) mass is 264 g/mol. The highest BCUT2D eigenvalue weighted by Gasteiger charge is 2.14. The average molecular weight is 264 g/mol. The summed E-state index contributed by atoms with van der Waals surface area (Å²) in [5, 5.41) is 11.8. The van der Waals surface area contributed by atoms with Gasteiger partial charge in [-0.05, 0) is 38.5 Å². The lowest BCUT2D eigenvalue weighted by atomic mass is 10.1. The molecule has 0 aliphatic carbocycles. The fourth-order valence-corrected chi connectivity index (χ4v) is 1.36. The third-order valence-electron chi connectivity index (χ3n) is 2.13. The summed E-state index contributed by atoms with van der Waals surface area (Å²) in [4.78, 5) is 11.4. The standard InChI is InChI=1S/C14H20N2O3/c1-14(2,3)19-13(18)16-8-4-5-10-6-7-11(17)9-12(10)15/h4-7,9,17H,8,15H2,1-3H3,(H,16,18). The van der Waals surface area contributed by atoms with E-state index in [1.54, 1.807) is 45.1 Å². The number of alkyl carbamates (subject to hydrolysis) is 1. The fraction of sp³-hybridized carbons (Fsp3) is 0.357. The number of nitrogen functional groups attached to an aromatic ring is 1. The molecule has 0 spiro atoms. The summed E-state index contributed by atoms with van der Waals surface area (Å²) in [6, 6.07) is 4.73. The molecule has 0 saturated heterocycles. The average Bonchev–Trinajstić information content (AvgIpc) is 2.24. The maximum absolute atomic E-state index is 11.4. The van der Waals surface area contributed by atoms with Gasteiger partial charge < -0.3 is 20.9 Å². The normalized spacial score (nSPS) is 11.5. The topological polar surface area (TPSA) is 84.6 Å². The number of benzene rings is 1. The second-order valence-corrected chi connectivity index (χ2v) is 5.10. The van der Waals surface area contributed by atoms with Crippen LogP contribution in [0.2, 0.25) is 0 Å².